The van der Waals surface area contributed by atoms with Crippen LogP contribution in [0.1, 0.15) is 36.5 Å². The highest BCUT2D eigenvalue weighted by Crippen LogP contribution is 2.25. The van der Waals surface area contributed by atoms with E-state index in [0.29, 0.717) is 6.54 Å². The summed E-state index contributed by atoms with van der Waals surface area (Å²) in [6.45, 7) is 4.52. The number of nitrogens with two attached hydrogens (primary N) is 1. The molecule has 0 saturated heterocycles. The Morgan fingerprint density at radius 1 is 1.35 bits per heavy atom. The summed E-state index contributed by atoms with van der Waals surface area (Å²) in [5, 5.41) is 11.0. The summed E-state index contributed by atoms with van der Waals surface area (Å²) in [6.07, 6.45) is 3.64. The van der Waals surface area contributed by atoms with Gasteiger partial charge in [-0.1, -0.05) is 13.0 Å². The van der Waals surface area contributed by atoms with Crippen molar-refractivity contribution in [2.75, 3.05) is 6.54 Å². The number of nitro groups is 1. The number of rotatable bonds is 6. The van der Waals surface area contributed by atoms with E-state index in [9.17, 15) is 10.1 Å². The van der Waals surface area contributed by atoms with Crippen molar-refractivity contribution >= 4 is 5.69 Å². The molecule has 2 N–H and O–H groups in total. The molecule has 1 rings (SSSR count). The quantitative estimate of drug-likeness (QED) is 0.469. The molecule has 4 nitrogen and oxygen atoms in total. The Morgan fingerprint density at radius 2 is 2.06 bits per heavy atom. The maximum atomic E-state index is 11.0. The molecule has 0 unspecified atom stereocenters. The first kappa shape index (κ1) is 13.6. The van der Waals surface area contributed by atoms with E-state index in [0.717, 1.165) is 42.4 Å². The summed E-state index contributed by atoms with van der Waals surface area (Å²) >= 11 is 0. The number of hydrogen-bond acceptors (Lipinski definition) is 3. The second kappa shape index (κ2) is 6.35. The molecule has 1 aromatic carbocycles. The fourth-order valence-corrected chi connectivity index (χ4v) is 2.00. The highest BCUT2D eigenvalue weighted by molar-refractivity contribution is 5.48. The second-order valence-electron chi connectivity index (χ2n) is 4.26. The first-order valence-electron chi connectivity index (χ1n) is 6.07. The molecule has 0 amide bonds. The van der Waals surface area contributed by atoms with Gasteiger partial charge < -0.3 is 5.73 Å². The molecule has 0 bridgehead atoms. The minimum atomic E-state index is -0.291. The minimum Gasteiger partial charge on any atom is -0.330 e. The van der Waals surface area contributed by atoms with Crippen molar-refractivity contribution in [2.45, 2.75) is 39.5 Å². The van der Waals surface area contributed by atoms with E-state index in [1.165, 1.54) is 0 Å². The van der Waals surface area contributed by atoms with Crippen LogP contribution in [0.2, 0.25) is 0 Å². The normalized spacial score (nSPS) is 10.5. The smallest absolute Gasteiger partial charge is 0.272 e. The standard InChI is InChI=1S/C13H20N2O2/c1-3-12-8-11(6-4-5-7-14)9-13(10(12)2)15(16)17/h8-9H,3-7,14H2,1-2H3. The number of unbranched alkanes of at least 4 members (excludes halogenated alkanes) is 1. The third-order valence-corrected chi connectivity index (χ3v) is 3.04. The van der Waals surface area contributed by atoms with Crippen LogP contribution in [0.25, 0.3) is 0 Å². The van der Waals surface area contributed by atoms with Crippen molar-refractivity contribution in [3.63, 3.8) is 0 Å². The topological polar surface area (TPSA) is 69.2 Å². The Labute approximate surface area is 102 Å². The van der Waals surface area contributed by atoms with Crippen LogP contribution in [0.15, 0.2) is 12.1 Å². The Balaban J connectivity index is 2.99. The molecule has 0 aliphatic heterocycles. The molecule has 17 heavy (non-hydrogen) atoms. The van der Waals surface area contributed by atoms with E-state index in [1.54, 1.807) is 6.07 Å². The van der Waals surface area contributed by atoms with Crippen LogP contribution >= 0.6 is 0 Å². The van der Waals surface area contributed by atoms with Crippen molar-refractivity contribution < 1.29 is 4.92 Å². The largest absolute Gasteiger partial charge is 0.330 e. The van der Waals surface area contributed by atoms with E-state index in [4.69, 9.17) is 5.73 Å². The lowest BCUT2D eigenvalue weighted by molar-refractivity contribution is -0.385. The van der Waals surface area contributed by atoms with Crippen LogP contribution in [0, 0.1) is 17.0 Å². The summed E-state index contributed by atoms with van der Waals surface area (Å²) in [5.41, 5.74) is 8.60. The van der Waals surface area contributed by atoms with Gasteiger partial charge in [-0.05, 0) is 50.3 Å². The molecule has 0 heterocycles. The lowest BCUT2D eigenvalue weighted by atomic mass is 9.98. The molecule has 0 aliphatic rings. The van der Waals surface area contributed by atoms with Gasteiger partial charge in [0, 0.05) is 11.6 Å². The fourth-order valence-electron chi connectivity index (χ4n) is 2.00. The molecule has 4 heteroatoms. The number of benzene rings is 1. The van der Waals surface area contributed by atoms with Gasteiger partial charge in [0.25, 0.3) is 5.69 Å². The lowest BCUT2D eigenvalue weighted by Crippen LogP contribution is -2.01. The summed E-state index contributed by atoms with van der Waals surface area (Å²) < 4.78 is 0. The van der Waals surface area contributed by atoms with E-state index >= 15 is 0 Å². The summed E-state index contributed by atoms with van der Waals surface area (Å²) in [6, 6.07) is 3.78. The number of hydrogen-bond donors (Lipinski definition) is 1. The van der Waals surface area contributed by atoms with Crippen LogP contribution in [-0.4, -0.2) is 11.5 Å². The molecule has 94 valence electrons. The van der Waals surface area contributed by atoms with Crippen LogP contribution in [-0.2, 0) is 12.8 Å². The molecular weight excluding hydrogens is 216 g/mol. The van der Waals surface area contributed by atoms with Crippen molar-refractivity contribution in [2.24, 2.45) is 5.73 Å². The molecular formula is C13H20N2O2. The molecule has 0 saturated carbocycles. The average Bonchev–Trinajstić information content (AvgIpc) is 2.30. The van der Waals surface area contributed by atoms with Gasteiger partial charge in [-0.3, -0.25) is 10.1 Å². The van der Waals surface area contributed by atoms with Crippen molar-refractivity contribution in [1.29, 1.82) is 0 Å². The van der Waals surface area contributed by atoms with E-state index in [-0.39, 0.29) is 10.6 Å². The molecule has 1 aromatic rings. The van der Waals surface area contributed by atoms with Gasteiger partial charge in [0.05, 0.1) is 4.92 Å². The first-order chi connectivity index (χ1) is 8.10. The summed E-state index contributed by atoms with van der Waals surface area (Å²) in [7, 11) is 0. The maximum absolute atomic E-state index is 11.0. The second-order valence-corrected chi connectivity index (χ2v) is 4.26. The predicted molar refractivity (Wildman–Crippen MR) is 69.2 cm³/mol. The maximum Gasteiger partial charge on any atom is 0.272 e. The van der Waals surface area contributed by atoms with Crippen molar-refractivity contribution in [1.82, 2.24) is 0 Å². The monoisotopic (exact) mass is 236 g/mol. The van der Waals surface area contributed by atoms with Crippen molar-refractivity contribution in [3.05, 3.63) is 38.9 Å². The Bertz CT molecular complexity index is 403. The zero-order chi connectivity index (χ0) is 12.8. The van der Waals surface area contributed by atoms with E-state index in [2.05, 4.69) is 6.07 Å². The minimum absolute atomic E-state index is 0.243. The molecule has 0 aromatic heterocycles. The summed E-state index contributed by atoms with van der Waals surface area (Å²) in [4.78, 5) is 10.7. The summed E-state index contributed by atoms with van der Waals surface area (Å²) in [5.74, 6) is 0. The number of nitro benzene ring substituents is 1. The van der Waals surface area contributed by atoms with E-state index < -0.39 is 0 Å². The average molecular weight is 236 g/mol. The Morgan fingerprint density at radius 3 is 2.59 bits per heavy atom. The first-order valence-corrected chi connectivity index (χ1v) is 6.07. The number of nitrogens with zero attached hydrogens (tertiary/aromatic N) is 1. The van der Waals surface area contributed by atoms with Gasteiger partial charge >= 0.3 is 0 Å². The highest BCUT2D eigenvalue weighted by atomic mass is 16.6. The van der Waals surface area contributed by atoms with Crippen LogP contribution in [0.4, 0.5) is 5.69 Å². The van der Waals surface area contributed by atoms with Crippen LogP contribution in [0.5, 0.6) is 0 Å². The van der Waals surface area contributed by atoms with Gasteiger partial charge in [0.1, 0.15) is 0 Å². The SMILES string of the molecule is CCc1cc(CCCCN)cc([N+](=O)[O-])c1C. The van der Waals surface area contributed by atoms with Gasteiger partial charge in [-0.25, -0.2) is 0 Å². The molecule has 0 atom stereocenters. The van der Waals surface area contributed by atoms with E-state index in [1.807, 2.05) is 13.8 Å². The van der Waals surface area contributed by atoms with Crippen molar-refractivity contribution in [3.8, 4) is 0 Å². The highest BCUT2D eigenvalue weighted by Gasteiger charge is 2.14. The van der Waals surface area contributed by atoms with Gasteiger partial charge in [-0.2, -0.15) is 0 Å². The molecule has 0 aliphatic carbocycles. The zero-order valence-electron chi connectivity index (χ0n) is 10.5. The molecule has 0 fully saturated rings. The fraction of sp³-hybridized carbons (Fsp3) is 0.538. The van der Waals surface area contributed by atoms with Gasteiger partial charge in [-0.15, -0.1) is 0 Å². The van der Waals surface area contributed by atoms with Crippen LogP contribution < -0.4 is 5.73 Å². The van der Waals surface area contributed by atoms with Crippen LogP contribution in [0.3, 0.4) is 0 Å². The zero-order valence-corrected chi connectivity index (χ0v) is 10.5. The lowest BCUT2D eigenvalue weighted by Gasteiger charge is -2.08. The third kappa shape index (κ3) is 3.53. The predicted octanol–water partition coefficient (Wildman–Crippen LogP) is 2.75. The molecule has 0 spiro atoms. The van der Waals surface area contributed by atoms with Gasteiger partial charge in [0.15, 0.2) is 0 Å². The number of aryl methyl sites for hydroxylation is 2. The Hall–Kier alpha value is -1.42. The Kier molecular flexibility index (Phi) is 5.10. The molecule has 0 radical (unpaired) electrons. The van der Waals surface area contributed by atoms with Gasteiger partial charge in [0.2, 0.25) is 0 Å². The third-order valence-electron chi connectivity index (χ3n) is 3.04.